The van der Waals surface area contributed by atoms with Gasteiger partial charge in [0.1, 0.15) is 6.61 Å². The van der Waals surface area contributed by atoms with Crippen LogP contribution in [-0.4, -0.2) is 23.3 Å². The molecule has 0 heterocycles. The average Bonchev–Trinajstić information content (AvgIpc) is 2.54. The Balaban J connectivity index is 1.93. The van der Waals surface area contributed by atoms with E-state index < -0.39 is 10.9 Å². The summed E-state index contributed by atoms with van der Waals surface area (Å²) >= 11 is 13.4. The highest BCUT2D eigenvalue weighted by Crippen LogP contribution is 2.29. The molecular weight excluding hydrogens is 373 g/mol. The van der Waals surface area contributed by atoms with Gasteiger partial charge in [0.25, 0.3) is 5.69 Å². The number of benzene rings is 2. The Kier molecular flexibility index (Phi) is 6.48. The second-order valence-electron chi connectivity index (χ2n) is 4.77. The van der Waals surface area contributed by atoms with Crippen LogP contribution in [0.1, 0.15) is 15.9 Å². The third-order valence-corrected chi connectivity index (χ3v) is 4.89. The molecule has 0 aliphatic heterocycles. The van der Waals surface area contributed by atoms with E-state index in [4.69, 9.17) is 27.9 Å². The third kappa shape index (κ3) is 4.63. The number of halogens is 2. The summed E-state index contributed by atoms with van der Waals surface area (Å²) in [6, 6.07) is 9.45. The number of rotatable bonds is 6. The number of carbonyl (C=O) groups excluding carboxylic acids is 1. The third-order valence-electron chi connectivity index (χ3n) is 3.19. The van der Waals surface area contributed by atoms with E-state index >= 15 is 0 Å². The maximum absolute atomic E-state index is 12.1. The number of hydrogen-bond acceptors (Lipinski definition) is 5. The first kappa shape index (κ1) is 18.6. The topological polar surface area (TPSA) is 69.4 Å². The maximum Gasteiger partial charge on any atom is 0.338 e. The molecule has 0 N–H and O–H groups in total. The molecule has 2 rings (SSSR count). The summed E-state index contributed by atoms with van der Waals surface area (Å²) in [5.74, 6) is -0.103. The predicted octanol–water partition coefficient (Wildman–Crippen LogP) is 5.16. The molecule has 0 aliphatic carbocycles. The van der Waals surface area contributed by atoms with Gasteiger partial charge in [0.2, 0.25) is 0 Å². The van der Waals surface area contributed by atoms with E-state index in [9.17, 15) is 14.9 Å². The van der Waals surface area contributed by atoms with E-state index in [-0.39, 0.29) is 23.4 Å². The van der Waals surface area contributed by atoms with Crippen molar-refractivity contribution in [2.24, 2.45) is 0 Å². The molecule has 0 spiro atoms. The summed E-state index contributed by atoms with van der Waals surface area (Å²) in [7, 11) is 0. The molecule has 0 aliphatic rings. The van der Waals surface area contributed by atoms with Crippen LogP contribution in [0, 0.1) is 17.0 Å². The Morgan fingerprint density at radius 2 is 2.04 bits per heavy atom. The van der Waals surface area contributed by atoms with E-state index in [0.29, 0.717) is 15.8 Å². The van der Waals surface area contributed by atoms with Gasteiger partial charge in [0.15, 0.2) is 0 Å². The monoisotopic (exact) mass is 385 g/mol. The molecule has 0 saturated carbocycles. The van der Waals surface area contributed by atoms with Crippen molar-refractivity contribution in [1.29, 1.82) is 0 Å². The average molecular weight is 386 g/mol. The van der Waals surface area contributed by atoms with E-state index in [1.807, 2.05) is 0 Å². The van der Waals surface area contributed by atoms with Crippen molar-refractivity contribution in [3.63, 3.8) is 0 Å². The van der Waals surface area contributed by atoms with Gasteiger partial charge >= 0.3 is 5.97 Å². The van der Waals surface area contributed by atoms with Crippen LogP contribution in [0.3, 0.4) is 0 Å². The van der Waals surface area contributed by atoms with Crippen molar-refractivity contribution in [3.8, 4) is 0 Å². The summed E-state index contributed by atoms with van der Waals surface area (Å²) in [4.78, 5) is 23.2. The largest absolute Gasteiger partial charge is 0.461 e. The summed E-state index contributed by atoms with van der Waals surface area (Å²) in [6.45, 7) is 1.67. The lowest BCUT2D eigenvalue weighted by Crippen LogP contribution is -2.10. The minimum atomic E-state index is -0.589. The normalized spacial score (nSPS) is 10.5. The van der Waals surface area contributed by atoms with Gasteiger partial charge in [-0.3, -0.25) is 10.1 Å². The number of esters is 1. The molecule has 0 unspecified atom stereocenters. The lowest BCUT2D eigenvalue weighted by Gasteiger charge is -2.08. The fourth-order valence-electron chi connectivity index (χ4n) is 1.99. The predicted molar refractivity (Wildman–Crippen MR) is 95.3 cm³/mol. The number of nitro benzene ring substituents is 1. The molecule has 2 aromatic rings. The quantitative estimate of drug-likeness (QED) is 0.226. The highest BCUT2D eigenvalue weighted by molar-refractivity contribution is 7.99. The van der Waals surface area contributed by atoms with Crippen LogP contribution < -0.4 is 0 Å². The molecule has 2 aromatic carbocycles. The molecule has 5 nitrogen and oxygen atoms in total. The number of ether oxygens (including phenoxy) is 1. The van der Waals surface area contributed by atoms with Crippen LogP contribution in [0.15, 0.2) is 41.3 Å². The number of nitro groups is 1. The van der Waals surface area contributed by atoms with Gasteiger partial charge in [-0.1, -0.05) is 29.3 Å². The van der Waals surface area contributed by atoms with Crippen molar-refractivity contribution in [1.82, 2.24) is 0 Å². The fraction of sp³-hybridized carbons (Fsp3) is 0.188. The van der Waals surface area contributed by atoms with E-state index in [2.05, 4.69) is 0 Å². The van der Waals surface area contributed by atoms with Gasteiger partial charge in [-0.15, -0.1) is 11.8 Å². The van der Waals surface area contributed by atoms with E-state index in [0.717, 1.165) is 4.90 Å². The standard InChI is InChI=1S/C16H13Cl2NO4S/c1-10-12(3-2-4-14(10)19(21)22)16(20)23-7-8-24-15-9-11(17)5-6-13(15)18/h2-6,9H,7-8H2,1H3. The Bertz CT molecular complexity index is 783. The van der Waals surface area contributed by atoms with Gasteiger partial charge in [-0.2, -0.15) is 0 Å². The van der Waals surface area contributed by atoms with Crippen LogP contribution in [0.5, 0.6) is 0 Å². The SMILES string of the molecule is Cc1c(C(=O)OCCSc2cc(Cl)ccc2Cl)cccc1[N+](=O)[O-]. The molecule has 0 fully saturated rings. The summed E-state index contributed by atoms with van der Waals surface area (Å²) < 4.78 is 5.18. The minimum Gasteiger partial charge on any atom is -0.461 e. The smallest absolute Gasteiger partial charge is 0.338 e. The second-order valence-corrected chi connectivity index (χ2v) is 6.75. The van der Waals surface area contributed by atoms with Crippen LogP contribution in [0.2, 0.25) is 10.0 Å². The Hall–Kier alpha value is -1.76. The molecule has 0 radical (unpaired) electrons. The minimum absolute atomic E-state index is 0.107. The zero-order chi connectivity index (χ0) is 17.7. The van der Waals surface area contributed by atoms with Gasteiger partial charge in [0.05, 0.1) is 15.5 Å². The Labute approximate surface area is 153 Å². The second kappa shape index (κ2) is 8.37. The maximum atomic E-state index is 12.1. The van der Waals surface area contributed by atoms with Crippen molar-refractivity contribution in [2.75, 3.05) is 12.4 Å². The van der Waals surface area contributed by atoms with E-state index in [1.54, 1.807) is 18.2 Å². The zero-order valence-electron chi connectivity index (χ0n) is 12.6. The summed E-state index contributed by atoms with van der Waals surface area (Å²) in [5.41, 5.74) is 0.373. The van der Waals surface area contributed by atoms with Gasteiger partial charge in [-0.25, -0.2) is 4.79 Å². The molecule has 24 heavy (non-hydrogen) atoms. The number of carbonyl (C=O) groups is 1. The Morgan fingerprint density at radius 1 is 1.29 bits per heavy atom. The van der Waals surface area contributed by atoms with Gasteiger partial charge < -0.3 is 4.74 Å². The van der Waals surface area contributed by atoms with Crippen molar-refractivity contribution >= 4 is 46.6 Å². The van der Waals surface area contributed by atoms with Gasteiger partial charge in [0, 0.05) is 27.3 Å². The lowest BCUT2D eigenvalue weighted by atomic mass is 10.1. The Morgan fingerprint density at radius 3 is 2.75 bits per heavy atom. The molecule has 0 bridgehead atoms. The number of thioether (sulfide) groups is 1. The van der Waals surface area contributed by atoms with Crippen LogP contribution in [0.4, 0.5) is 5.69 Å². The van der Waals surface area contributed by atoms with Crippen LogP contribution in [-0.2, 0) is 4.74 Å². The highest BCUT2D eigenvalue weighted by Gasteiger charge is 2.18. The molecule has 0 aromatic heterocycles. The highest BCUT2D eigenvalue weighted by atomic mass is 35.5. The molecular formula is C16H13Cl2NO4S. The molecule has 8 heteroatoms. The molecule has 0 atom stereocenters. The number of nitrogens with zero attached hydrogens (tertiary/aromatic N) is 1. The summed E-state index contributed by atoms with van der Waals surface area (Å²) in [5, 5.41) is 12.0. The van der Waals surface area contributed by atoms with E-state index in [1.165, 1.54) is 36.9 Å². The first-order chi connectivity index (χ1) is 11.4. The van der Waals surface area contributed by atoms with Crippen molar-refractivity contribution in [3.05, 3.63) is 67.7 Å². The lowest BCUT2D eigenvalue weighted by molar-refractivity contribution is -0.385. The van der Waals surface area contributed by atoms with Crippen molar-refractivity contribution < 1.29 is 14.5 Å². The van der Waals surface area contributed by atoms with Crippen LogP contribution in [0.25, 0.3) is 0 Å². The number of hydrogen-bond donors (Lipinski definition) is 0. The molecule has 0 saturated heterocycles. The molecule has 126 valence electrons. The first-order valence-corrected chi connectivity index (χ1v) is 8.63. The van der Waals surface area contributed by atoms with Crippen molar-refractivity contribution in [2.45, 2.75) is 11.8 Å². The first-order valence-electron chi connectivity index (χ1n) is 6.89. The molecule has 0 amide bonds. The van der Waals surface area contributed by atoms with Gasteiger partial charge in [-0.05, 0) is 31.2 Å². The zero-order valence-corrected chi connectivity index (χ0v) is 15.0. The van der Waals surface area contributed by atoms with Crippen LogP contribution >= 0.6 is 35.0 Å². The summed E-state index contributed by atoms with van der Waals surface area (Å²) in [6.07, 6.45) is 0. The fourth-order valence-corrected chi connectivity index (χ4v) is 3.31.